The molecule has 39 heavy (non-hydrogen) atoms. The molecule has 204 valence electrons. The zero-order valence-electron chi connectivity index (χ0n) is 21.6. The lowest BCUT2D eigenvalue weighted by molar-refractivity contribution is -0.146. The number of hydrogen-bond donors (Lipinski definition) is 3. The number of amides is 3. The predicted octanol–water partition coefficient (Wildman–Crippen LogP) is 3.08. The first kappa shape index (κ1) is 27.2. The van der Waals surface area contributed by atoms with E-state index in [9.17, 15) is 24.6 Å². The molecule has 3 amide bonds. The van der Waals surface area contributed by atoms with Crippen LogP contribution in [0, 0.1) is 6.92 Å². The van der Waals surface area contributed by atoms with Crippen molar-refractivity contribution < 1.29 is 24.6 Å². The Kier molecular flexibility index (Phi) is 7.66. The first-order valence-electron chi connectivity index (χ1n) is 12.6. The summed E-state index contributed by atoms with van der Waals surface area (Å²) in [6.07, 6.45) is 0.477. The molecule has 2 heterocycles. The molecule has 9 nitrogen and oxygen atoms in total. The van der Waals surface area contributed by atoms with E-state index in [-0.39, 0.29) is 40.9 Å². The number of aliphatic hydroxyl groups is 1. The highest BCUT2D eigenvalue weighted by molar-refractivity contribution is 7.99. The van der Waals surface area contributed by atoms with Gasteiger partial charge >= 0.3 is 0 Å². The van der Waals surface area contributed by atoms with Gasteiger partial charge in [-0.2, -0.15) is 0 Å². The number of thioether (sulfide) groups is 1. The zero-order valence-corrected chi connectivity index (χ0v) is 23.2. The highest BCUT2D eigenvalue weighted by atomic mass is 32.2. The SMILES string of the molecule is Cc1c(O)cccc1C(=O)N[C@]1([C@H](O)C(=O)N2CSC(C)N(Cc3nccs3)C(=O)C2)C[C@H]1c1ccccc1. The Balaban J connectivity index is 1.38. The van der Waals surface area contributed by atoms with E-state index in [1.807, 2.05) is 42.6 Å². The van der Waals surface area contributed by atoms with Gasteiger partial charge in [0, 0.05) is 28.6 Å². The second-order valence-corrected chi connectivity index (χ2v) is 12.1. The zero-order chi connectivity index (χ0) is 27.7. The third-order valence-corrected chi connectivity index (χ3v) is 9.44. The summed E-state index contributed by atoms with van der Waals surface area (Å²) in [6.45, 7) is 3.73. The van der Waals surface area contributed by atoms with E-state index in [1.54, 1.807) is 30.2 Å². The maximum Gasteiger partial charge on any atom is 0.255 e. The monoisotopic (exact) mass is 566 g/mol. The number of aliphatic hydroxyl groups excluding tert-OH is 1. The van der Waals surface area contributed by atoms with Crippen LogP contribution in [-0.2, 0) is 16.1 Å². The predicted molar refractivity (Wildman–Crippen MR) is 149 cm³/mol. The van der Waals surface area contributed by atoms with Crippen molar-refractivity contribution in [3.8, 4) is 5.75 Å². The van der Waals surface area contributed by atoms with Crippen molar-refractivity contribution in [1.82, 2.24) is 20.1 Å². The van der Waals surface area contributed by atoms with Gasteiger partial charge in [-0.05, 0) is 38.0 Å². The molecule has 0 radical (unpaired) electrons. The number of carbonyl (C=O) groups excluding carboxylic acids is 3. The summed E-state index contributed by atoms with van der Waals surface area (Å²) < 4.78 is 0. The van der Waals surface area contributed by atoms with E-state index in [4.69, 9.17) is 0 Å². The van der Waals surface area contributed by atoms with Crippen LogP contribution in [0.1, 0.15) is 45.8 Å². The van der Waals surface area contributed by atoms with Gasteiger partial charge in [0.05, 0.1) is 23.3 Å². The summed E-state index contributed by atoms with van der Waals surface area (Å²) in [5.74, 6) is -1.41. The Morgan fingerprint density at radius 3 is 2.69 bits per heavy atom. The number of hydrogen-bond acceptors (Lipinski definition) is 8. The fourth-order valence-electron chi connectivity index (χ4n) is 5.05. The minimum Gasteiger partial charge on any atom is -0.508 e. The van der Waals surface area contributed by atoms with Crippen molar-refractivity contribution in [3.63, 3.8) is 0 Å². The van der Waals surface area contributed by atoms with Crippen LogP contribution in [0.4, 0.5) is 0 Å². The van der Waals surface area contributed by atoms with Crippen LogP contribution in [0.25, 0.3) is 0 Å². The Hall–Kier alpha value is -3.41. The van der Waals surface area contributed by atoms with E-state index < -0.39 is 23.5 Å². The fourth-order valence-corrected chi connectivity index (χ4v) is 6.66. The number of aromatic nitrogens is 1. The topological polar surface area (TPSA) is 123 Å². The van der Waals surface area contributed by atoms with Crippen molar-refractivity contribution in [2.45, 2.75) is 49.7 Å². The summed E-state index contributed by atoms with van der Waals surface area (Å²) in [7, 11) is 0. The second kappa shape index (κ2) is 11.0. The number of nitrogens with one attached hydrogen (secondary N) is 1. The lowest BCUT2D eigenvalue weighted by atomic mass is 9.98. The molecule has 1 aliphatic heterocycles. The summed E-state index contributed by atoms with van der Waals surface area (Å²) in [5, 5.41) is 27.1. The van der Waals surface area contributed by atoms with Crippen LogP contribution in [0.5, 0.6) is 5.75 Å². The van der Waals surface area contributed by atoms with E-state index >= 15 is 0 Å². The Labute approximate surface area is 234 Å². The lowest BCUT2D eigenvalue weighted by Crippen LogP contribution is -2.55. The van der Waals surface area contributed by atoms with Crippen LogP contribution in [0.3, 0.4) is 0 Å². The van der Waals surface area contributed by atoms with Gasteiger partial charge in [-0.1, -0.05) is 36.4 Å². The maximum atomic E-state index is 13.7. The standard InChI is InChI=1S/C28H30N4O5S2/c1-17-20(9-6-10-22(17)33)26(36)30-28(13-21(28)19-7-4-3-5-8-19)25(35)27(37)31-15-24(34)32(18(2)39-16-31)14-23-29-11-12-38-23/h3-12,18,21,25,33,35H,13-16H2,1-2H3,(H,30,36)/t18?,21-,25+,28+/m0/s1. The van der Waals surface area contributed by atoms with E-state index in [1.165, 1.54) is 34.1 Å². The van der Waals surface area contributed by atoms with E-state index in [0.29, 0.717) is 18.5 Å². The normalized spacial score (nSPS) is 23.7. The summed E-state index contributed by atoms with van der Waals surface area (Å²) >= 11 is 2.89. The Bertz CT molecular complexity index is 1370. The van der Waals surface area contributed by atoms with Gasteiger partial charge < -0.3 is 25.3 Å². The number of carbonyl (C=O) groups is 3. The van der Waals surface area contributed by atoms with E-state index in [0.717, 1.165) is 10.6 Å². The fraction of sp³-hybridized carbons (Fsp3) is 0.357. The highest BCUT2D eigenvalue weighted by Gasteiger charge is 2.63. The first-order valence-corrected chi connectivity index (χ1v) is 14.6. The molecule has 0 bridgehead atoms. The van der Waals surface area contributed by atoms with Gasteiger partial charge in [-0.15, -0.1) is 23.1 Å². The van der Waals surface area contributed by atoms with Crippen molar-refractivity contribution in [3.05, 3.63) is 81.8 Å². The van der Waals surface area contributed by atoms with Crippen molar-refractivity contribution >= 4 is 40.8 Å². The Morgan fingerprint density at radius 1 is 1.21 bits per heavy atom. The van der Waals surface area contributed by atoms with Crippen molar-refractivity contribution in [1.29, 1.82) is 0 Å². The maximum absolute atomic E-state index is 13.7. The van der Waals surface area contributed by atoms with Gasteiger partial charge in [-0.3, -0.25) is 14.4 Å². The van der Waals surface area contributed by atoms with Crippen LogP contribution < -0.4 is 5.32 Å². The minimum absolute atomic E-state index is 0.0137. The van der Waals surface area contributed by atoms with E-state index in [2.05, 4.69) is 10.3 Å². The van der Waals surface area contributed by atoms with Crippen LogP contribution >= 0.6 is 23.1 Å². The largest absolute Gasteiger partial charge is 0.508 e. The van der Waals surface area contributed by atoms with Gasteiger partial charge in [0.1, 0.15) is 17.3 Å². The molecule has 2 fully saturated rings. The molecule has 3 aromatic rings. The molecule has 11 heteroatoms. The van der Waals surface area contributed by atoms with Crippen LogP contribution in [-0.4, -0.2) is 72.2 Å². The molecule has 1 aliphatic carbocycles. The number of thiazole rings is 1. The molecular weight excluding hydrogens is 536 g/mol. The number of rotatable bonds is 7. The third kappa shape index (κ3) is 5.39. The lowest BCUT2D eigenvalue weighted by Gasteiger charge is -2.29. The summed E-state index contributed by atoms with van der Waals surface area (Å²) in [4.78, 5) is 47.6. The molecule has 0 spiro atoms. The number of phenols is 1. The molecule has 4 atom stereocenters. The molecule has 3 N–H and O–H groups in total. The second-order valence-electron chi connectivity index (χ2n) is 9.89. The van der Waals surface area contributed by atoms with Crippen molar-refractivity contribution in [2.24, 2.45) is 0 Å². The van der Waals surface area contributed by atoms with Gasteiger partial charge in [0.15, 0.2) is 6.10 Å². The summed E-state index contributed by atoms with van der Waals surface area (Å²) in [5.41, 5.74) is 0.313. The highest BCUT2D eigenvalue weighted by Crippen LogP contribution is 2.54. The van der Waals surface area contributed by atoms with Crippen LogP contribution in [0.15, 0.2) is 60.1 Å². The molecule has 1 aromatic heterocycles. The molecule has 1 saturated carbocycles. The quantitative estimate of drug-likeness (QED) is 0.402. The van der Waals surface area contributed by atoms with Crippen LogP contribution in [0.2, 0.25) is 0 Å². The summed E-state index contributed by atoms with van der Waals surface area (Å²) in [6, 6.07) is 14.1. The molecule has 1 saturated heterocycles. The van der Waals surface area contributed by atoms with Gasteiger partial charge in [0.25, 0.3) is 11.8 Å². The number of nitrogens with zero attached hydrogens (tertiary/aromatic N) is 3. The number of phenolic OH excluding ortho intramolecular Hbond substituents is 1. The molecule has 1 unspecified atom stereocenters. The molecule has 2 aliphatic rings. The average molecular weight is 567 g/mol. The molecule has 2 aromatic carbocycles. The molecular formula is C28H30N4O5S2. The first-order chi connectivity index (χ1) is 18.7. The van der Waals surface area contributed by atoms with Crippen molar-refractivity contribution in [2.75, 3.05) is 12.4 Å². The number of benzene rings is 2. The average Bonchev–Trinajstić information content (AvgIpc) is 3.46. The van der Waals surface area contributed by atoms with Gasteiger partial charge in [0.2, 0.25) is 5.91 Å². The third-order valence-electron chi connectivity index (χ3n) is 7.48. The smallest absolute Gasteiger partial charge is 0.255 e. The molecule has 5 rings (SSSR count). The number of aromatic hydroxyl groups is 1. The minimum atomic E-state index is -1.57. The Morgan fingerprint density at radius 2 is 1.97 bits per heavy atom. The van der Waals surface area contributed by atoms with Gasteiger partial charge in [-0.25, -0.2) is 4.98 Å².